The first kappa shape index (κ1) is 19.3. The van der Waals surface area contributed by atoms with Crippen LogP contribution in [-0.4, -0.2) is 58.6 Å². The van der Waals surface area contributed by atoms with Gasteiger partial charge in [0, 0.05) is 55.2 Å². The first-order valence-electron chi connectivity index (χ1n) is 10.1. The van der Waals surface area contributed by atoms with Gasteiger partial charge >= 0.3 is 6.09 Å². The molecule has 6 heteroatoms. The normalized spacial score (nSPS) is 14.9. The topological polar surface area (TPSA) is 58.6 Å². The van der Waals surface area contributed by atoms with E-state index in [0.29, 0.717) is 18.8 Å². The number of aromatic nitrogens is 2. The molecule has 3 aromatic rings. The third-order valence-corrected chi connectivity index (χ3v) is 5.27. The van der Waals surface area contributed by atoms with Crippen molar-refractivity contribution in [3.05, 3.63) is 66.1 Å². The molecule has 6 nitrogen and oxygen atoms in total. The maximum atomic E-state index is 12.5. The fourth-order valence-corrected chi connectivity index (χ4v) is 3.65. The Bertz CT molecular complexity index is 983. The van der Waals surface area contributed by atoms with E-state index in [4.69, 9.17) is 4.74 Å². The SMILES string of the molecule is Cc1cccc(CCCN2CCN(C(=O)Oc3ccc4cccnc4c3)CC2)n1. The monoisotopic (exact) mass is 390 g/mol. The molecule has 1 aromatic carbocycles. The summed E-state index contributed by atoms with van der Waals surface area (Å²) < 4.78 is 5.57. The lowest BCUT2D eigenvalue weighted by Gasteiger charge is -2.34. The Morgan fingerprint density at radius 1 is 1.07 bits per heavy atom. The van der Waals surface area contributed by atoms with Crippen LogP contribution in [0.15, 0.2) is 54.7 Å². The van der Waals surface area contributed by atoms with Crippen molar-refractivity contribution in [2.45, 2.75) is 19.8 Å². The molecule has 1 amide bonds. The van der Waals surface area contributed by atoms with Gasteiger partial charge in [-0.15, -0.1) is 0 Å². The van der Waals surface area contributed by atoms with Gasteiger partial charge in [-0.2, -0.15) is 0 Å². The first-order chi connectivity index (χ1) is 14.2. The summed E-state index contributed by atoms with van der Waals surface area (Å²) in [4.78, 5) is 25.5. The smallest absolute Gasteiger partial charge is 0.410 e. The molecular formula is C23H26N4O2. The van der Waals surface area contributed by atoms with E-state index in [1.807, 2.05) is 43.3 Å². The van der Waals surface area contributed by atoms with Gasteiger partial charge in [-0.25, -0.2) is 4.79 Å². The average molecular weight is 390 g/mol. The molecule has 1 saturated heterocycles. The van der Waals surface area contributed by atoms with Crippen LogP contribution in [-0.2, 0) is 6.42 Å². The number of benzene rings is 1. The number of aryl methyl sites for hydroxylation is 2. The number of fused-ring (bicyclic) bond motifs is 1. The molecule has 0 saturated carbocycles. The molecule has 2 aromatic heterocycles. The van der Waals surface area contributed by atoms with E-state index < -0.39 is 0 Å². The summed E-state index contributed by atoms with van der Waals surface area (Å²) in [5.41, 5.74) is 3.04. The van der Waals surface area contributed by atoms with Crippen LogP contribution in [0.2, 0.25) is 0 Å². The van der Waals surface area contributed by atoms with Gasteiger partial charge in [0.2, 0.25) is 0 Å². The molecule has 150 valence electrons. The summed E-state index contributed by atoms with van der Waals surface area (Å²) in [6.07, 6.45) is 3.51. The van der Waals surface area contributed by atoms with Gasteiger partial charge in [0.05, 0.1) is 5.52 Å². The van der Waals surface area contributed by atoms with Crippen molar-refractivity contribution in [2.24, 2.45) is 0 Å². The number of piperazine rings is 1. The van der Waals surface area contributed by atoms with Crippen molar-refractivity contribution in [2.75, 3.05) is 32.7 Å². The van der Waals surface area contributed by atoms with Gasteiger partial charge in [-0.3, -0.25) is 14.9 Å². The van der Waals surface area contributed by atoms with Crippen LogP contribution in [0, 0.1) is 6.92 Å². The maximum absolute atomic E-state index is 12.5. The highest BCUT2D eigenvalue weighted by atomic mass is 16.6. The summed E-state index contributed by atoms with van der Waals surface area (Å²) >= 11 is 0. The van der Waals surface area contributed by atoms with Gasteiger partial charge < -0.3 is 9.64 Å². The van der Waals surface area contributed by atoms with Gasteiger partial charge in [-0.05, 0) is 56.6 Å². The Kier molecular flexibility index (Phi) is 6.00. The number of hydrogen-bond donors (Lipinski definition) is 0. The molecule has 1 aliphatic heterocycles. The first-order valence-corrected chi connectivity index (χ1v) is 10.1. The predicted molar refractivity (Wildman–Crippen MR) is 113 cm³/mol. The highest BCUT2D eigenvalue weighted by Gasteiger charge is 2.22. The molecule has 0 atom stereocenters. The Morgan fingerprint density at radius 3 is 2.76 bits per heavy atom. The Labute approximate surface area is 171 Å². The van der Waals surface area contributed by atoms with Crippen molar-refractivity contribution >= 4 is 17.0 Å². The van der Waals surface area contributed by atoms with Crippen LogP contribution >= 0.6 is 0 Å². The molecule has 3 heterocycles. The number of hydrogen-bond acceptors (Lipinski definition) is 5. The molecule has 0 bridgehead atoms. The van der Waals surface area contributed by atoms with Crippen LogP contribution in [0.1, 0.15) is 17.8 Å². The molecular weight excluding hydrogens is 364 g/mol. The third kappa shape index (κ3) is 5.09. The summed E-state index contributed by atoms with van der Waals surface area (Å²) in [6.45, 7) is 6.16. The molecule has 0 aliphatic carbocycles. The number of ether oxygens (including phenoxy) is 1. The lowest BCUT2D eigenvalue weighted by Crippen LogP contribution is -2.49. The molecule has 1 aliphatic rings. The molecule has 4 rings (SSSR count). The molecule has 0 radical (unpaired) electrons. The lowest BCUT2D eigenvalue weighted by molar-refractivity contribution is 0.110. The summed E-state index contributed by atoms with van der Waals surface area (Å²) in [5.74, 6) is 0.536. The van der Waals surface area contributed by atoms with E-state index >= 15 is 0 Å². The van der Waals surface area contributed by atoms with Gasteiger partial charge in [0.15, 0.2) is 0 Å². The fraction of sp³-hybridized carbons (Fsp3) is 0.348. The van der Waals surface area contributed by atoms with Gasteiger partial charge in [0.25, 0.3) is 0 Å². The predicted octanol–water partition coefficient (Wildman–Crippen LogP) is 3.69. The van der Waals surface area contributed by atoms with Crippen molar-refractivity contribution in [3.8, 4) is 5.75 Å². The second kappa shape index (κ2) is 9.01. The fourth-order valence-electron chi connectivity index (χ4n) is 3.65. The molecule has 0 spiro atoms. The average Bonchev–Trinajstić information content (AvgIpc) is 2.74. The number of rotatable bonds is 5. The summed E-state index contributed by atoms with van der Waals surface area (Å²) in [5, 5.41) is 1.03. The van der Waals surface area contributed by atoms with Crippen molar-refractivity contribution < 1.29 is 9.53 Å². The minimum Gasteiger partial charge on any atom is -0.410 e. The van der Waals surface area contributed by atoms with Crippen LogP contribution in [0.25, 0.3) is 10.9 Å². The van der Waals surface area contributed by atoms with Crippen LogP contribution in [0.5, 0.6) is 5.75 Å². The van der Waals surface area contributed by atoms with Gasteiger partial charge in [-0.1, -0.05) is 12.1 Å². The highest BCUT2D eigenvalue weighted by molar-refractivity contribution is 5.81. The van der Waals surface area contributed by atoms with E-state index in [9.17, 15) is 4.79 Å². The maximum Gasteiger partial charge on any atom is 0.415 e. The Hall–Kier alpha value is -2.99. The van der Waals surface area contributed by atoms with Crippen LogP contribution < -0.4 is 4.74 Å². The zero-order valence-corrected chi connectivity index (χ0v) is 16.8. The molecule has 1 fully saturated rings. The van der Waals surface area contributed by atoms with Crippen LogP contribution in [0.4, 0.5) is 4.79 Å². The van der Waals surface area contributed by atoms with E-state index in [0.717, 1.165) is 54.8 Å². The van der Waals surface area contributed by atoms with Gasteiger partial charge in [0.1, 0.15) is 5.75 Å². The summed E-state index contributed by atoms with van der Waals surface area (Å²) in [7, 11) is 0. The second-order valence-electron chi connectivity index (χ2n) is 7.43. The van der Waals surface area contributed by atoms with E-state index in [1.54, 1.807) is 11.1 Å². The largest absolute Gasteiger partial charge is 0.415 e. The minimum atomic E-state index is -0.288. The van der Waals surface area contributed by atoms with E-state index in [1.165, 1.54) is 0 Å². The Balaban J connectivity index is 1.22. The highest BCUT2D eigenvalue weighted by Crippen LogP contribution is 2.19. The zero-order valence-electron chi connectivity index (χ0n) is 16.8. The van der Waals surface area contributed by atoms with E-state index in [2.05, 4.69) is 27.0 Å². The number of amides is 1. The quantitative estimate of drug-likeness (QED) is 0.665. The van der Waals surface area contributed by atoms with E-state index in [-0.39, 0.29) is 6.09 Å². The van der Waals surface area contributed by atoms with Crippen LogP contribution in [0.3, 0.4) is 0 Å². The molecule has 0 unspecified atom stereocenters. The van der Waals surface area contributed by atoms with Crippen molar-refractivity contribution in [1.82, 2.24) is 19.8 Å². The van der Waals surface area contributed by atoms with Crippen molar-refractivity contribution in [1.29, 1.82) is 0 Å². The third-order valence-electron chi connectivity index (χ3n) is 5.27. The standard InChI is InChI=1S/C23H26N4O2/c1-18-5-2-7-20(25-18)8-4-12-26-13-15-27(16-14-26)23(28)29-21-10-9-19-6-3-11-24-22(19)17-21/h2-3,5-7,9-11,17H,4,8,12-16H2,1H3. The van der Waals surface area contributed by atoms with Crippen molar-refractivity contribution in [3.63, 3.8) is 0 Å². The minimum absolute atomic E-state index is 0.288. The second-order valence-corrected chi connectivity index (χ2v) is 7.43. The number of nitrogens with zero attached hydrogens (tertiary/aromatic N) is 4. The number of pyridine rings is 2. The zero-order chi connectivity index (χ0) is 20.1. The number of carbonyl (C=O) groups is 1. The Morgan fingerprint density at radius 2 is 1.93 bits per heavy atom. The number of carbonyl (C=O) groups excluding carboxylic acids is 1. The summed E-state index contributed by atoms with van der Waals surface area (Å²) in [6, 6.07) is 15.6. The lowest BCUT2D eigenvalue weighted by atomic mass is 10.2. The molecule has 29 heavy (non-hydrogen) atoms. The molecule has 0 N–H and O–H groups in total.